The number of benzene rings is 2. The van der Waals surface area contributed by atoms with Gasteiger partial charge in [-0.2, -0.15) is 0 Å². The Morgan fingerprint density at radius 2 is 1.83 bits per heavy atom. The number of carbonyl (C=O) groups excluding carboxylic acids is 2. The summed E-state index contributed by atoms with van der Waals surface area (Å²) in [4.78, 5) is 34.7. The topological polar surface area (TPSA) is 92.7 Å². The molecule has 0 aliphatic carbocycles. The molecule has 23 heavy (non-hydrogen) atoms. The summed E-state index contributed by atoms with van der Waals surface area (Å²) in [6.07, 6.45) is 0.225. The number of hydrogen-bond donors (Lipinski definition) is 2. The maximum absolute atomic E-state index is 12.3. The van der Waals surface area contributed by atoms with E-state index >= 15 is 0 Å². The van der Waals surface area contributed by atoms with Gasteiger partial charge in [-0.05, 0) is 30.3 Å². The normalized spacial score (nSPS) is 9.96. The van der Waals surface area contributed by atoms with Gasteiger partial charge in [-0.1, -0.05) is 25.1 Å². The second-order valence-corrected chi connectivity index (χ2v) is 4.66. The lowest BCUT2D eigenvalue weighted by Crippen LogP contribution is -2.15. The first-order chi connectivity index (χ1) is 11.0. The Labute approximate surface area is 132 Å². The third kappa shape index (κ3) is 4.16. The van der Waals surface area contributed by atoms with Gasteiger partial charge in [0.1, 0.15) is 5.75 Å². The van der Waals surface area contributed by atoms with Gasteiger partial charge in [0.05, 0.1) is 11.3 Å². The molecule has 0 aliphatic rings. The second-order valence-electron chi connectivity index (χ2n) is 4.66. The fraction of sp³-hybridized carbons (Fsp3) is 0.118. The molecule has 6 nitrogen and oxygen atoms in total. The monoisotopic (exact) mass is 313 g/mol. The minimum atomic E-state index is -1.13. The van der Waals surface area contributed by atoms with Gasteiger partial charge in [-0.15, -0.1) is 0 Å². The molecular formula is C17H15NO5. The minimum Gasteiger partial charge on any atom is -0.478 e. The van der Waals surface area contributed by atoms with Gasteiger partial charge in [-0.3, -0.25) is 9.59 Å². The van der Waals surface area contributed by atoms with Crippen molar-refractivity contribution < 1.29 is 24.2 Å². The Hall–Kier alpha value is -3.15. The maximum atomic E-state index is 12.3. The third-order valence-electron chi connectivity index (χ3n) is 3.02. The summed E-state index contributed by atoms with van der Waals surface area (Å²) in [7, 11) is 0. The van der Waals surface area contributed by atoms with Crippen LogP contribution in [0, 0.1) is 0 Å². The van der Waals surface area contributed by atoms with Crippen molar-refractivity contribution in [1.29, 1.82) is 0 Å². The van der Waals surface area contributed by atoms with Crippen LogP contribution in [0.15, 0.2) is 48.5 Å². The Morgan fingerprint density at radius 3 is 2.52 bits per heavy atom. The highest BCUT2D eigenvalue weighted by Crippen LogP contribution is 2.18. The highest BCUT2D eigenvalue weighted by Gasteiger charge is 2.13. The number of carboxylic acids is 1. The van der Waals surface area contributed by atoms with Gasteiger partial charge >= 0.3 is 11.9 Å². The molecular weight excluding hydrogens is 298 g/mol. The highest BCUT2D eigenvalue weighted by atomic mass is 16.5. The molecule has 0 saturated heterocycles. The summed E-state index contributed by atoms with van der Waals surface area (Å²) in [5, 5.41) is 11.7. The van der Waals surface area contributed by atoms with Crippen LogP contribution in [-0.4, -0.2) is 23.0 Å². The van der Waals surface area contributed by atoms with Crippen LogP contribution in [0.4, 0.5) is 5.69 Å². The lowest BCUT2D eigenvalue weighted by molar-refractivity contribution is -0.134. The number of amides is 1. The number of carbonyl (C=O) groups is 3. The van der Waals surface area contributed by atoms with Gasteiger partial charge in [0.25, 0.3) is 5.91 Å². The second kappa shape index (κ2) is 7.22. The van der Waals surface area contributed by atoms with Crippen molar-refractivity contribution in [1.82, 2.24) is 0 Å². The van der Waals surface area contributed by atoms with Gasteiger partial charge in [0.15, 0.2) is 0 Å². The van der Waals surface area contributed by atoms with Crippen LogP contribution in [0.1, 0.15) is 34.1 Å². The van der Waals surface area contributed by atoms with Crippen molar-refractivity contribution >= 4 is 23.5 Å². The Bertz CT molecular complexity index is 754. The first-order valence-corrected chi connectivity index (χ1v) is 6.95. The highest BCUT2D eigenvalue weighted by molar-refractivity contribution is 6.07. The molecule has 118 valence electrons. The fourth-order valence-corrected chi connectivity index (χ4v) is 1.88. The lowest BCUT2D eigenvalue weighted by Gasteiger charge is -2.09. The van der Waals surface area contributed by atoms with E-state index in [1.165, 1.54) is 18.2 Å². The van der Waals surface area contributed by atoms with E-state index in [-0.39, 0.29) is 29.0 Å². The van der Waals surface area contributed by atoms with Crippen LogP contribution in [0.5, 0.6) is 5.75 Å². The summed E-state index contributed by atoms with van der Waals surface area (Å²) < 4.78 is 5.05. The fourth-order valence-electron chi connectivity index (χ4n) is 1.88. The van der Waals surface area contributed by atoms with E-state index in [4.69, 9.17) is 9.84 Å². The standard InChI is InChI=1S/C17H15NO5/c1-2-15(19)23-12-7-5-6-11(10-12)16(20)18-14-9-4-3-8-13(14)17(21)22/h3-10H,2H2,1H3,(H,18,20)(H,21,22). The zero-order valence-electron chi connectivity index (χ0n) is 12.4. The number of anilines is 1. The molecule has 0 fully saturated rings. The van der Waals surface area contributed by atoms with Crippen LogP contribution in [0.3, 0.4) is 0 Å². The number of hydrogen-bond acceptors (Lipinski definition) is 4. The van der Waals surface area contributed by atoms with E-state index in [1.807, 2.05) is 0 Å². The largest absolute Gasteiger partial charge is 0.478 e. The molecule has 0 radical (unpaired) electrons. The van der Waals surface area contributed by atoms with Crippen LogP contribution in [-0.2, 0) is 4.79 Å². The molecule has 6 heteroatoms. The number of rotatable bonds is 5. The molecule has 2 aromatic carbocycles. The van der Waals surface area contributed by atoms with Gasteiger partial charge < -0.3 is 15.2 Å². The maximum Gasteiger partial charge on any atom is 0.337 e. The van der Waals surface area contributed by atoms with E-state index in [0.29, 0.717) is 0 Å². The molecule has 0 bridgehead atoms. The van der Waals surface area contributed by atoms with Crippen molar-refractivity contribution in [3.63, 3.8) is 0 Å². The van der Waals surface area contributed by atoms with E-state index in [2.05, 4.69) is 5.32 Å². The van der Waals surface area contributed by atoms with Crippen molar-refractivity contribution in [2.45, 2.75) is 13.3 Å². The number of esters is 1. The smallest absolute Gasteiger partial charge is 0.337 e. The number of nitrogens with one attached hydrogen (secondary N) is 1. The summed E-state index contributed by atoms with van der Waals surface area (Å²) in [5.74, 6) is -1.77. The summed E-state index contributed by atoms with van der Waals surface area (Å²) >= 11 is 0. The molecule has 2 aromatic rings. The summed E-state index contributed by atoms with van der Waals surface area (Å²) in [6.45, 7) is 1.67. The van der Waals surface area contributed by atoms with Crippen molar-refractivity contribution in [3.05, 3.63) is 59.7 Å². The van der Waals surface area contributed by atoms with Crippen molar-refractivity contribution in [2.75, 3.05) is 5.32 Å². The average molecular weight is 313 g/mol. The Kier molecular flexibility index (Phi) is 5.09. The molecule has 0 aliphatic heterocycles. The van der Waals surface area contributed by atoms with E-state index in [1.54, 1.807) is 37.3 Å². The molecule has 0 spiro atoms. The zero-order chi connectivity index (χ0) is 16.8. The lowest BCUT2D eigenvalue weighted by atomic mass is 10.1. The van der Waals surface area contributed by atoms with Crippen molar-refractivity contribution in [2.24, 2.45) is 0 Å². The van der Waals surface area contributed by atoms with Gasteiger partial charge in [0, 0.05) is 12.0 Å². The van der Waals surface area contributed by atoms with Crippen LogP contribution < -0.4 is 10.1 Å². The molecule has 2 rings (SSSR count). The summed E-state index contributed by atoms with van der Waals surface area (Å²) in [6, 6.07) is 12.2. The number of carboxylic acid groups (broad SMARTS) is 1. The first kappa shape index (κ1) is 16.2. The molecule has 0 aromatic heterocycles. The predicted octanol–water partition coefficient (Wildman–Crippen LogP) is 2.95. The SMILES string of the molecule is CCC(=O)Oc1cccc(C(=O)Nc2ccccc2C(=O)O)c1. The average Bonchev–Trinajstić information content (AvgIpc) is 2.55. The quantitative estimate of drug-likeness (QED) is 0.654. The molecule has 0 heterocycles. The molecule has 2 N–H and O–H groups in total. The van der Waals surface area contributed by atoms with E-state index in [0.717, 1.165) is 0 Å². The molecule has 0 unspecified atom stereocenters. The Balaban J connectivity index is 2.20. The number of aromatic carboxylic acids is 1. The molecule has 1 amide bonds. The van der Waals surface area contributed by atoms with Crippen molar-refractivity contribution in [3.8, 4) is 5.75 Å². The van der Waals surface area contributed by atoms with E-state index < -0.39 is 17.8 Å². The first-order valence-electron chi connectivity index (χ1n) is 6.95. The zero-order valence-corrected chi connectivity index (χ0v) is 12.4. The third-order valence-corrected chi connectivity index (χ3v) is 3.02. The Morgan fingerprint density at radius 1 is 1.09 bits per heavy atom. The van der Waals surface area contributed by atoms with Gasteiger partial charge in [0.2, 0.25) is 0 Å². The predicted molar refractivity (Wildman–Crippen MR) is 83.7 cm³/mol. The number of ether oxygens (including phenoxy) is 1. The van der Waals surface area contributed by atoms with Crippen LogP contribution in [0.2, 0.25) is 0 Å². The van der Waals surface area contributed by atoms with Crippen LogP contribution in [0.25, 0.3) is 0 Å². The van der Waals surface area contributed by atoms with Gasteiger partial charge in [-0.25, -0.2) is 4.79 Å². The molecule has 0 saturated carbocycles. The molecule has 0 atom stereocenters. The summed E-state index contributed by atoms with van der Waals surface area (Å²) in [5.41, 5.74) is 0.446. The van der Waals surface area contributed by atoms with Crippen LogP contribution >= 0.6 is 0 Å². The number of para-hydroxylation sites is 1. The van der Waals surface area contributed by atoms with E-state index in [9.17, 15) is 14.4 Å². The minimum absolute atomic E-state index is 0.00517.